The van der Waals surface area contributed by atoms with Crippen LogP contribution >= 0.6 is 0 Å². The highest BCUT2D eigenvalue weighted by Crippen LogP contribution is 2.32. The first-order chi connectivity index (χ1) is 20.1. The second kappa shape index (κ2) is 12.2. The Kier molecular flexibility index (Phi) is 8.41. The molecule has 0 spiro atoms. The molecule has 1 unspecified atom stereocenters. The van der Waals surface area contributed by atoms with Gasteiger partial charge in [0, 0.05) is 67.8 Å². The van der Waals surface area contributed by atoms with Crippen LogP contribution in [0.25, 0.3) is 16.8 Å². The van der Waals surface area contributed by atoms with Crippen LogP contribution in [0.4, 0.5) is 16.4 Å². The first-order valence-corrected chi connectivity index (χ1v) is 14.5. The van der Waals surface area contributed by atoms with Crippen molar-refractivity contribution < 1.29 is 9.53 Å². The van der Waals surface area contributed by atoms with Gasteiger partial charge in [0.15, 0.2) is 5.65 Å². The van der Waals surface area contributed by atoms with E-state index in [0.29, 0.717) is 42.8 Å². The highest BCUT2D eigenvalue weighted by molar-refractivity contribution is 5.97. The highest BCUT2D eigenvalue weighted by Gasteiger charge is 2.30. The highest BCUT2D eigenvalue weighted by atomic mass is 16.6. The molecule has 12 nitrogen and oxygen atoms in total. The third-order valence-electron chi connectivity index (χ3n) is 7.11. The Labute approximate surface area is 246 Å². The standard InChI is InChI=1S/C30H40N10O2/c1-6-7-12-32-27(31)20-10-11-25(33-15-20)37-26-14-24(21-9-8-13-39(19-21)29(41)42-30(2,3)4)36-28-23(17-35-40(26)28)22-16-34-38(5)18-22/h10-11,14-18,21H,6-9,12-13,19H2,1-5H3,(H2,31,32)(H,33,37). The normalized spacial score (nSPS) is 16.2. The largest absolute Gasteiger partial charge is 0.444 e. The van der Waals surface area contributed by atoms with Gasteiger partial charge in [0.2, 0.25) is 0 Å². The number of unbranched alkanes of at least 4 members (excludes halogenated alkanes) is 1. The molecule has 4 aromatic heterocycles. The van der Waals surface area contributed by atoms with Gasteiger partial charge in [0.1, 0.15) is 23.1 Å². The van der Waals surface area contributed by atoms with Crippen molar-refractivity contribution in [3.8, 4) is 11.1 Å². The van der Waals surface area contributed by atoms with Gasteiger partial charge < -0.3 is 20.7 Å². The maximum absolute atomic E-state index is 12.9. The molecule has 1 aliphatic heterocycles. The molecule has 3 N–H and O–H groups in total. The molecule has 12 heteroatoms. The lowest BCUT2D eigenvalue weighted by Gasteiger charge is -2.34. The summed E-state index contributed by atoms with van der Waals surface area (Å²) in [6.07, 6.45) is 10.8. The van der Waals surface area contributed by atoms with E-state index in [1.807, 2.05) is 52.2 Å². The monoisotopic (exact) mass is 572 g/mol. The lowest BCUT2D eigenvalue weighted by Crippen LogP contribution is -2.42. The van der Waals surface area contributed by atoms with Gasteiger partial charge in [-0.3, -0.25) is 9.67 Å². The number of carbonyl (C=O) groups excluding carboxylic acids is 1. The van der Waals surface area contributed by atoms with E-state index in [-0.39, 0.29) is 12.0 Å². The molecule has 4 aromatic rings. The minimum Gasteiger partial charge on any atom is -0.444 e. The number of nitrogens with two attached hydrogens (primary N) is 1. The molecule has 1 saturated heterocycles. The molecule has 1 aliphatic rings. The summed E-state index contributed by atoms with van der Waals surface area (Å²) < 4.78 is 9.19. The van der Waals surface area contributed by atoms with E-state index in [2.05, 4.69) is 32.4 Å². The van der Waals surface area contributed by atoms with Crippen molar-refractivity contribution in [1.29, 1.82) is 0 Å². The second-order valence-corrected chi connectivity index (χ2v) is 11.7. The first kappa shape index (κ1) is 29.0. The van der Waals surface area contributed by atoms with Crippen LogP contribution < -0.4 is 11.1 Å². The van der Waals surface area contributed by atoms with Gasteiger partial charge in [-0.05, 0) is 52.2 Å². The number of carbonyl (C=O) groups is 1. The number of hydrogen-bond acceptors (Lipinski definition) is 8. The molecular formula is C30H40N10O2. The lowest BCUT2D eigenvalue weighted by atomic mass is 9.94. The van der Waals surface area contributed by atoms with Crippen LogP contribution in [-0.2, 0) is 11.8 Å². The molecule has 0 bridgehead atoms. The molecule has 0 aliphatic carbocycles. The van der Waals surface area contributed by atoms with E-state index >= 15 is 0 Å². The molecule has 5 heterocycles. The van der Waals surface area contributed by atoms with E-state index in [1.165, 1.54) is 0 Å². The van der Waals surface area contributed by atoms with Crippen molar-refractivity contribution in [1.82, 2.24) is 34.3 Å². The lowest BCUT2D eigenvalue weighted by molar-refractivity contribution is 0.0197. The van der Waals surface area contributed by atoms with Crippen LogP contribution in [-0.4, -0.2) is 71.4 Å². The van der Waals surface area contributed by atoms with Crippen molar-refractivity contribution in [3.63, 3.8) is 0 Å². The van der Waals surface area contributed by atoms with Gasteiger partial charge in [-0.1, -0.05) is 13.3 Å². The number of piperidine rings is 1. The van der Waals surface area contributed by atoms with E-state index < -0.39 is 5.60 Å². The predicted octanol–water partition coefficient (Wildman–Crippen LogP) is 4.89. The molecule has 0 saturated carbocycles. The summed E-state index contributed by atoms with van der Waals surface area (Å²) in [4.78, 5) is 28.8. The Morgan fingerprint density at radius 2 is 2.05 bits per heavy atom. The zero-order valence-electron chi connectivity index (χ0n) is 25.0. The van der Waals surface area contributed by atoms with Crippen LogP contribution in [0.5, 0.6) is 0 Å². The van der Waals surface area contributed by atoms with Gasteiger partial charge in [-0.2, -0.15) is 14.7 Å². The van der Waals surface area contributed by atoms with E-state index in [9.17, 15) is 4.79 Å². The number of fused-ring (bicyclic) bond motifs is 1. The molecule has 222 valence electrons. The number of amidine groups is 1. The SMILES string of the molecule is CCCCN=C(N)c1ccc(Nc2cc(C3CCCN(C(=O)OC(C)(C)C)C3)nc3c(-c4cnn(C)c4)cnn23)nc1. The third-order valence-corrected chi connectivity index (χ3v) is 7.11. The number of amides is 1. The Morgan fingerprint density at radius 1 is 1.21 bits per heavy atom. The second-order valence-electron chi connectivity index (χ2n) is 11.7. The van der Waals surface area contributed by atoms with Crippen molar-refractivity contribution in [3.05, 3.63) is 54.2 Å². The Hall–Kier alpha value is -4.48. The Bertz CT molecular complexity index is 1570. The average molecular weight is 573 g/mol. The molecular weight excluding hydrogens is 532 g/mol. The van der Waals surface area contributed by atoms with Gasteiger partial charge in [-0.15, -0.1) is 0 Å². The number of anilines is 2. The van der Waals surface area contributed by atoms with Crippen LogP contribution in [0.1, 0.15) is 70.6 Å². The summed E-state index contributed by atoms with van der Waals surface area (Å²) in [5.41, 5.74) is 9.74. The molecule has 1 fully saturated rings. The van der Waals surface area contributed by atoms with E-state index in [0.717, 1.165) is 48.1 Å². The maximum Gasteiger partial charge on any atom is 0.410 e. The molecule has 0 aromatic carbocycles. The first-order valence-electron chi connectivity index (χ1n) is 14.5. The number of pyridine rings is 1. The zero-order chi connectivity index (χ0) is 29.9. The summed E-state index contributed by atoms with van der Waals surface area (Å²) in [5.74, 6) is 1.86. The molecule has 1 atom stereocenters. The summed E-state index contributed by atoms with van der Waals surface area (Å²) in [7, 11) is 1.88. The fourth-order valence-electron chi connectivity index (χ4n) is 4.95. The minimum absolute atomic E-state index is 0.0305. The minimum atomic E-state index is -0.553. The quantitative estimate of drug-likeness (QED) is 0.173. The summed E-state index contributed by atoms with van der Waals surface area (Å²) in [6, 6.07) is 5.77. The number of aliphatic imine (C=N–C) groups is 1. The predicted molar refractivity (Wildman–Crippen MR) is 163 cm³/mol. The molecule has 5 rings (SSSR count). The van der Waals surface area contributed by atoms with Crippen molar-refractivity contribution in [2.75, 3.05) is 25.0 Å². The zero-order valence-corrected chi connectivity index (χ0v) is 25.0. The van der Waals surface area contributed by atoms with Crippen molar-refractivity contribution in [2.45, 2.75) is 64.9 Å². The van der Waals surface area contributed by atoms with E-state index in [1.54, 1.807) is 32.7 Å². The molecule has 42 heavy (non-hydrogen) atoms. The summed E-state index contributed by atoms with van der Waals surface area (Å²) in [6.45, 7) is 9.66. The number of nitrogens with one attached hydrogen (secondary N) is 1. The Balaban J connectivity index is 1.47. The third kappa shape index (κ3) is 6.69. The maximum atomic E-state index is 12.9. The number of aryl methyl sites for hydroxylation is 1. The number of ether oxygens (including phenoxy) is 1. The summed E-state index contributed by atoms with van der Waals surface area (Å²) in [5, 5.41) is 12.4. The Morgan fingerprint density at radius 3 is 2.74 bits per heavy atom. The van der Waals surface area contributed by atoms with Gasteiger partial charge in [-0.25, -0.2) is 14.8 Å². The van der Waals surface area contributed by atoms with Crippen LogP contribution in [0.3, 0.4) is 0 Å². The smallest absolute Gasteiger partial charge is 0.410 e. The van der Waals surface area contributed by atoms with Gasteiger partial charge in [0.25, 0.3) is 0 Å². The van der Waals surface area contributed by atoms with Crippen LogP contribution in [0, 0.1) is 0 Å². The average Bonchev–Trinajstić information content (AvgIpc) is 3.59. The topological polar surface area (TPSA) is 141 Å². The molecule has 0 radical (unpaired) electrons. The fourth-order valence-corrected chi connectivity index (χ4v) is 4.95. The van der Waals surface area contributed by atoms with Gasteiger partial charge >= 0.3 is 6.09 Å². The van der Waals surface area contributed by atoms with Crippen molar-refractivity contribution in [2.24, 2.45) is 17.8 Å². The molecule has 1 amide bonds. The summed E-state index contributed by atoms with van der Waals surface area (Å²) >= 11 is 0. The number of likely N-dealkylation sites (tertiary alicyclic amines) is 1. The van der Waals surface area contributed by atoms with Crippen LogP contribution in [0.15, 0.2) is 48.0 Å². The van der Waals surface area contributed by atoms with Crippen molar-refractivity contribution >= 4 is 29.2 Å². The fraction of sp³-hybridized carbons (Fsp3) is 0.467. The van der Waals surface area contributed by atoms with Crippen LogP contribution in [0.2, 0.25) is 0 Å². The van der Waals surface area contributed by atoms with E-state index in [4.69, 9.17) is 15.5 Å². The number of aromatic nitrogens is 6. The number of nitrogens with zero attached hydrogens (tertiary/aromatic N) is 8. The van der Waals surface area contributed by atoms with Gasteiger partial charge in [0.05, 0.1) is 18.1 Å². The number of rotatable bonds is 8. The number of hydrogen-bond donors (Lipinski definition) is 2.